The standard InChI is InChI=1S/C10H8F2O2/c11-7-2-1-3-8(12)9(7)5-4-6(5)10(13)14/h1-3,5-6H,4H2,(H,13,14)/t5-,6+/m0/s1. The van der Waals surface area contributed by atoms with E-state index in [1.54, 1.807) is 0 Å². The minimum absolute atomic E-state index is 0.0834. The summed E-state index contributed by atoms with van der Waals surface area (Å²) in [6.07, 6.45) is 0.327. The van der Waals surface area contributed by atoms with Crippen LogP contribution in [-0.2, 0) is 4.79 Å². The molecule has 0 aliphatic heterocycles. The summed E-state index contributed by atoms with van der Waals surface area (Å²) in [4.78, 5) is 10.5. The number of halogens is 2. The van der Waals surface area contributed by atoms with Crippen LogP contribution in [0.25, 0.3) is 0 Å². The van der Waals surface area contributed by atoms with Gasteiger partial charge in [-0.1, -0.05) is 6.07 Å². The van der Waals surface area contributed by atoms with Crippen LogP contribution in [0.15, 0.2) is 18.2 Å². The Kier molecular flexibility index (Phi) is 1.98. The summed E-state index contributed by atoms with van der Waals surface area (Å²) in [5, 5.41) is 8.62. The minimum atomic E-state index is -0.988. The lowest BCUT2D eigenvalue weighted by Gasteiger charge is -2.01. The van der Waals surface area contributed by atoms with Crippen LogP contribution < -0.4 is 0 Å². The van der Waals surface area contributed by atoms with Crippen molar-refractivity contribution >= 4 is 5.97 Å². The van der Waals surface area contributed by atoms with E-state index in [9.17, 15) is 13.6 Å². The van der Waals surface area contributed by atoms with Crippen LogP contribution in [-0.4, -0.2) is 11.1 Å². The molecule has 0 bridgehead atoms. The zero-order valence-corrected chi connectivity index (χ0v) is 7.21. The molecule has 2 atom stereocenters. The third-order valence-corrected chi connectivity index (χ3v) is 2.48. The zero-order valence-electron chi connectivity index (χ0n) is 7.21. The van der Waals surface area contributed by atoms with Crippen molar-refractivity contribution in [2.45, 2.75) is 12.3 Å². The Balaban J connectivity index is 2.31. The lowest BCUT2D eigenvalue weighted by atomic mass is 10.1. The van der Waals surface area contributed by atoms with Crippen LogP contribution in [0.2, 0.25) is 0 Å². The summed E-state index contributed by atoms with van der Waals surface area (Å²) < 4.78 is 26.3. The molecule has 14 heavy (non-hydrogen) atoms. The van der Waals surface area contributed by atoms with E-state index in [0.717, 1.165) is 12.1 Å². The summed E-state index contributed by atoms with van der Waals surface area (Å²) >= 11 is 0. The number of carboxylic acids is 1. The molecule has 1 fully saturated rings. The first-order valence-corrected chi connectivity index (χ1v) is 4.28. The maximum Gasteiger partial charge on any atom is 0.307 e. The largest absolute Gasteiger partial charge is 0.481 e. The van der Waals surface area contributed by atoms with E-state index in [2.05, 4.69) is 0 Å². The van der Waals surface area contributed by atoms with Crippen LogP contribution in [0.1, 0.15) is 17.9 Å². The highest BCUT2D eigenvalue weighted by Crippen LogP contribution is 2.49. The number of rotatable bonds is 2. The fraction of sp³-hybridized carbons (Fsp3) is 0.300. The molecule has 0 aromatic heterocycles. The van der Waals surface area contributed by atoms with Crippen LogP contribution in [0.4, 0.5) is 8.78 Å². The van der Waals surface area contributed by atoms with Gasteiger partial charge in [0.15, 0.2) is 0 Å². The Morgan fingerprint density at radius 2 is 1.93 bits per heavy atom. The first-order valence-electron chi connectivity index (χ1n) is 4.28. The Hall–Kier alpha value is -1.45. The van der Waals surface area contributed by atoms with Gasteiger partial charge in [0.25, 0.3) is 0 Å². The molecular weight excluding hydrogens is 190 g/mol. The molecule has 1 N–H and O–H groups in total. The predicted octanol–water partition coefficient (Wildman–Crippen LogP) is 2.15. The van der Waals surface area contributed by atoms with Crippen molar-refractivity contribution in [2.24, 2.45) is 5.92 Å². The highest BCUT2D eigenvalue weighted by molar-refractivity contribution is 5.75. The Labute approximate surface area is 79.2 Å². The Morgan fingerprint density at radius 1 is 1.36 bits per heavy atom. The summed E-state index contributed by atoms with van der Waals surface area (Å²) in [7, 11) is 0. The molecule has 1 saturated carbocycles. The van der Waals surface area contributed by atoms with Gasteiger partial charge in [-0.3, -0.25) is 4.79 Å². The van der Waals surface area contributed by atoms with Gasteiger partial charge in [0.1, 0.15) is 11.6 Å². The van der Waals surface area contributed by atoms with Crippen molar-refractivity contribution in [3.05, 3.63) is 35.4 Å². The van der Waals surface area contributed by atoms with Crippen molar-refractivity contribution in [3.63, 3.8) is 0 Å². The average Bonchev–Trinajstić information content (AvgIpc) is 2.83. The van der Waals surface area contributed by atoms with E-state index in [1.165, 1.54) is 6.07 Å². The van der Waals surface area contributed by atoms with E-state index >= 15 is 0 Å². The van der Waals surface area contributed by atoms with Crippen molar-refractivity contribution in [3.8, 4) is 0 Å². The first kappa shape index (κ1) is 9.12. The van der Waals surface area contributed by atoms with E-state index in [0.29, 0.717) is 6.42 Å². The van der Waals surface area contributed by atoms with Crippen molar-refractivity contribution in [1.29, 1.82) is 0 Å². The van der Waals surface area contributed by atoms with Crippen LogP contribution in [0, 0.1) is 17.6 Å². The number of aliphatic carboxylic acids is 1. The molecule has 1 aliphatic rings. The van der Waals surface area contributed by atoms with Gasteiger partial charge in [-0.05, 0) is 18.6 Å². The fourth-order valence-corrected chi connectivity index (χ4v) is 1.65. The van der Waals surface area contributed by atoms with Gasteiger partial charge >= 0.3 is 5.97 Å². The maximum atomic E-state index is 13.1. The zero-order chi connectivity index (χ0) is 10.3. The van der Waals surface area contributed by atoms with Crippen LogP contribution in [0.5, 0.6) is 0 Å². The monoisotopic (exact) mass is 198 g/mol. The molecule has 74 valence electrons. The lowest BCUT2D eigenvalue weighted by Crippen LogP contribution is -2.01. The molecule has 1 aromatic rings. The number of hydrogen-bond acceptors (Lipinski definition) is 1. The quantitative estimate of drug-likeness (QED) is 0.790. The number of carboxylic acid groups (broad SMARTS) is 1. The number of benzene rings is 1. The number of carbonyl (C=O) groups is 1. The van der Waals surface area contributed by atoms with Gasteiger partial charge in [-0.25, -0.2) is 8.78 Å². The van der Waals surface area contributed by atoms with Crippen LogP contribution >= 0.6 is 0 Å². The van der Waals surface area contributed by atoms with Crippen molar-refractivity contribution < 1.29 is 18.7 Å². The van der Waals surface area contributed by atoms with E-state index in [4.69, 9.17) is 5.11 Å². The Bertz CT molecular complexity index is 369. The molecule has 4 heteroatoms. The first-order chi connectivity index (χ1) is 6.61. The molecule has 0 radical (unpaired) electrons. The molecule has 0 unspecified atom stereocenters. The molecule has 1 aliphatic carbocycles. The third kappa shape index (κ3) is 1.36. The molecule has 1 aromatic carbocycles. The average molecular weight is 198 g/mol. The molecule has 0 amide bonds. The molecule has 0 saturated heterocycles. The maximum absolute atomic E-state index is 13.1. The second-order valence-corrected chi connectivity index (χ2v) is 3.42. The molecule has 2 nitrogen and oxygen atoms in total. The van der Waals surface area contributed by atoms with E-state index in [1.807, 2.05) is 0 Å². The van der Waals surface area contributed by atoms with E-state index < -0.39 is 29.4 Å². The van der Waals surface area contributed by atoms with Gasteiger partial charge in [0, 0.05) is 11.5 Å². The smallest absolute Gasteiger partial charge is 0.307 e. The summed E-state index contributed by atoms with van der Waals surface area (Å²) in [6, 6.07) is 3.57. The summed E-state index contributed by atoms with van der Waals surface area (Å²) in [5.74, 6) is -3.41. The molecule has 0 heterocycles. The lowest BCUT2D eigenvalue weighted by molar-refractivity contribution is -0.138. The van der Waals surface area contributed by atoms with E-state index in [-0.39, 0.29) is 5.56 Å². The summed E-state index contributed by atoms with van der Waals surface area (Å²) in [6.45, 7) is 0. The number of hydrogen-bond donors (Lipinski definition) is 1. The van der Waals surface area contributed by atoms with Crippen molar-refractivity contribution in [1.82, 2.24) is 0 Å². The molecular formula is C10H8F2O2. The van der Waals surface area contributed by atoms with Crippen LogP contribution in [0.3, 0.4) is 0 Å². The van der Waals surface area contributed by atoms with Crippen molar-refractivity contribution in [2.75, 3.05) is 0 Å². The Morgan fingerprint density at radius 3 is 2.36 bits per heavy atom. The fourth-order valence-electron chi connectivity index (χ4n) is 1.65. The van der Waals surface area contributed by atoms with Gasteiger partial charge in [-0.2, -0.15) is 0 Å². The second kappa shape index (κ2) is 3.04. The second-order valence-electron chi connectivity index (χ2n) is 3.42. The van der Waals surface area contributed by atoms with Gasteiger partial charge < -0.3 is 5.11 Å². The highest BCUT2D eigenvalue weighted by Gasteiger charge is 2.46. The minimum Gasteiger partial charge on any atom is -0.481 e. The van der Waals surface area contributed by atoms with Gasteiger partial charge in [0.2, 0.25) is 0 Å². The van der Waals surface area contributed by atoms with Gasteiger partial charge in [-0.15, -0.1) is 0 Å². The summed E-state index contributed by atoms with van der Waals surface area (Å²) in [5.41, 5.74) is -0.0834. The topological polar surface area (TPSA) is 37.3 Å². The molecule has 0 spiro atoms. The highest BCUT2D eigenvalue weighted by atomic mass is 19.1. The third-order valence-electron chi connectivity index (χ3n) is 2.48. The SMILES string of the molecule is O=C(O)[C@@H]1C[C@@H]1c1c(F)cccc1F. The predicted molar refractivity (Wildman–Crippen MR) is 44.8 cm³/mol. The molecule has 2 rings (SSSR count). The normalized spacial score (nSPS) is 24.7. The van der Waals surface area contributed by atoms with Gasteiger partial charge in [0.05, 0.1) is 5.92 Å².